The first-order valence-electron chi connectivity index (χ1n) is 22.5. The Bertz CT molecular complexity index is 2360. The topological polar surface area (TPSA) is 386 Å². The third-order valence-electron chi connectivity index (χ3n) is 9.89. The van der Waals surface area contributed by atoms with Crippen molar-refractivity contribution in [3.8, 4) is 0 Å². The van der Waals surface area contributed by atoms with Crippen molar-refractivity contribution in [3.63, 3.8) is 0 Å². The van der Waals surface area contributed by atoms with Crippen molar-refractivity contribution in [1.29, 1.82) is 0 Å². The number of nitrogens with zero attached hydrogens (tertiary/aromatic N) is 5. The van der Waals surface area contributed by atoms with Crippen molar-refractivity contribution < 1.29 is 19.2 Å². The Morgan fingerprint density at radius 1 is 0.551 bits per heavy atom. The number of carbonyl (C=O) groups is 4. The zero-order valence-electron chi connectivity index (χ0n) is 40.5. The molecule has 0 aromatic heterocycles. The second-order valence-electron chi connectivity index (χ2n) is 17.9. The molecule has 0 saturated carbocycles. The van der Waals surface area contributed by atoms with Crippen LogP contribution in [0.15, 0.2) is 82.4 Å². The third-order valence-corrected chi connectivity index (χ3v) is 12.1. The van der Waals surface area contributed by atoms with Gasteiger partial charge in [0.2, 0.25) is 11.8 Å². The van der Waals surface area contributed by atoms with E-state index in [1.54, 1.807) is 6.08 Å². The zero-order valence-corrected chi connectivity index (χ0v) is 42.2. The number of allylic oxidation sites excluding steroid dienone is 1. The van der Waals surface area contributed by atoms with Gasteiger partial charge in [-0.05, 0) is 78.0 Å². The van der Waals surface area contributed by atoms with Crippen LogP contribution < -0.4 is 67.1 Å². The molecule has 1 aliphatic heterocycles. The summed E-state index contributed by atoms with van der Waals surface area (Å²) in [7, 11) is 0. The van der Waals surface area contributed by atoms with Crippen LogP contribution in [-0.2, 0) is 30.0 Å². The van der Waals surface area contributed by atoms with E-state index < -0.39 is 22.6 Å². The fraction of sp³-hybridized carbons (Fsp3) is 0.457. The van der Waals surface area contributed by atoms with Gasteiger partial charge in [-0.25, -0.2) is 0 Å². The number of nitrogens with one attached hydrogen (secondary N) is 4. The van der Waals surface area contributed by atoms with Crippen molar-refractivity contribution in [1.82, 2.24) is 0 Å². The van der Waals surface area contributed by atoms with Gasteiger partial charge >= 0.3 is 0 Å². The highest BCUT2D eigenvalue weighted by atomic mass is 32.2. The van der Waals surface area contributed by atoms with Gasteiger partial charge in [0, 0.05) is 55.6 Å². The normalized spacial score (nSPS) is 12.3. The smallest absolute Gasteiger partial charge is 0.274 e. The number of hydrogen-bond donors (Lipinski definition) is 12. The van der Waals surface area contributed by atoms with Gasteiger partial charge in [0.15, 0.2) is 23.8 Å². The summed E-state index contributed by atoms with van der Waals surface area (Å²) >= 11 is 2.71. The molecule has 69 heavy (non-hydrogen) atoms. The summed E-state index contributed by atoms with van der Waals surface area (Å²) < 4.78 is 0. The van der Waals surface area contributed by atoms with Crippen LogP contribution in [0.25, 0.3) is 0 Å². The molecule has 21 nitrogen and oxygen atoms in total. The van der Waals surface area contributed by atoms with E-state index in [4.69, 9.17) is 45.9 Å². The van der Waals surface area contributed by atoms with E-state index in [1.165, 1.54) is 35.8 Å². The van der Waals surface area contributed by atoms with Crippen molar-refractivity contribution in [2.45, 2.75) is 107 Å². The summed E-state index contributed by atoms with van der Waals surface area (Å²) in [5.41, 5.74) is 47.0. The maximum absolute atomic E-state index is 14.4. The maximum Gasteiger partial charge on any atom is 0.274 e. The van der Waals surface area contributed by atoms with Crippen LogP contribution in [0.1, 0.15) is 97.6 Å². The lowest BCUT2D eigenvalue weighted by atomic mass is 9.86. The van der Waals surface area contributed by atoms with Crippen molar-refractivity contribution >= 4 is 100.0 Å². The lowest BCUT2D eigenvalue weighted by Gasteiger charge is -2.24. The van der Waals surface area contributed by atoms with Crippen LogP contribution in [-0.4, -0.2) is 91.4 Å². The Balaban J connectivity index is 2.04. The molecule has 0 bridgehead atoms. The highest BCUT2D eigenvalue weighted by Gasteiger charge is 2.25. The van der Waals surface area contributed by atoms with Gasteiger partial charge < -0.3 is 67.1 Å². The van der Waals surface area contributed by atoms with Crippen molar-refractivity contribution in [2.24, 2.45) is 70.8 Å². The fourth-order valence-corrected chi connectivity index (χ4v) is 8.16. The fourth-order valence-electron chi connectivity index (χ4n) is 6.32. The summed E-state index contributed by atoms with van der Waals surface area (Å²) in [6.07, 6.45) is 7.57. The largest absolute Gasteiger partial charge is 0.370 e. The number of carbonyl (C=O) groups excluding carboxylic acids is 4. The van der Waals surface area contributed by atoms with E-state index in [2.05, 4.69) is 46.2 Å². The minimum Gasteiger partial charge on any atom is -0.370 e. The molecule has 0 fully saturated rings. The average Bonchev–Trinajstić information content (AvgIpc) is 3.51. The van der Waals surface area contributed by atoms with Gasteiger partial charge in [0.1, 0.15) is 5.70 Å². The summed E-state index contributed by atoms with van der Waals surface area (Å²) in [5, 5.41) is 12.2. The lowest BCUT2D eigenvalue weighted by Crippen LogP contribution is -2.23. The first-order valence-corrected chi connectivity index (χ1v) is 24.4. The number of thioether (sulfide) groups is 2. The van der Waals surface area contributed by atoms with E-state index in [0.29, 0.717) is 82.8 Å². The Hall–Kier alpha value is -6.75. The third kappa shape index (κ3) is 20.6. The first-order chi connectivity index (χ1) is 32.4. The summed E-state index contributed by atoms with van der Waals surface area (Å²) in [5.74, 6) is -0.926. The standard InChI is InChI=1S/C46H71N17O4S2/c1-45(2,3)28-23-30(60-35(64)13-7-9-15-56-41(47)48)37(68-20-18-58-43(51)52)32(25-28)62-39(66)27-12-11-17-55-34(22-27)40(67)63-33-26-29(46(4,5)6)24-31(38(33)69-21-19-59-44(53)54)61-36(65)14-8-10-16-57-42(49)50/h12,17,22-26H,7-11,13-16,18-21H2,1-6H3,(H,60,64)(H,61,65)(H,62,66)(H,63,67)(H4,47,48,56)(H4,49,50,57)(H4,51,52,58)(H4,53,54,59). The highest BCUT2D eigenvalue weighted by Crippen LogP contribution is 2.41. The summed E-state index contributed by atoms with van der Waals surface area (Å²) in [6.45, 7) is 13.5. The van der Waals surface area contributed by atoms with Crippen LogP contribution in [0.2, 0.25) is 0 Å². The Kier molecular flexibility index (Phi) is 22.4. The average molecular weight is 990 g/mol. The quantitative estimate of drug-likeness (QED) is 0.0309. The molecule has 23 heteroatoms. The molecule has 4 amide bonds. The first kappa shape index (κ1) is 56.6. The molecule has 3 rings (SSSR count). The summed E-state index contributed by atoms with van der Waals surface area (Å²) in [4.78, 5) is 77.2. The molecular weight excluding hydrogens is 919 g/mol. The number of hydrogen-bond acceptors (Lipinski definition) is 11. The zero-order chi connectivity index (χ0) is 51.3. The number of guanidine groups is 4. The van der Waals surface area contributed by atoms with E-state index >= 15 is 0 Å². The molecule has 0 unspecified atom stereocenters. The van der Waals surface area contributed by atoms with Crippen LogP contribution in [0.4, 0.5) is 22.7 Å². The predicted octanol–water partition coefficient (Wildman–Crippen LogP) is 3.64. The maximum atomic E-state index is 14.4. The molecule has 2 aromatic rings. The van der Waals surface area contributed by atoms with E-state index in [9.17, 15) is 19.2 Å². The molecule has 0 saturated heterocycles. The molecule has 1 heterocycles. The monoisotopic (exact) mass is 990 g/mol. The van der Waals surface area contributed by atoms with Crippen LogP contribution in [0.3, 0.4) is 0 Å². The van der Waals surface area contributed by atoms with E-state index in [0.717, 1.165) is 11.1 Å². The van der Waals surface area contributed by atoms with Gasteiger partial charge in [-0.3, -0.25) is 44.1 Å². The number of benzene rings is 2. The second kappa shape index (κ2) is 27.3. The van der Waals surface area contributed by atoms with Crippen LogP contribution in [0.5, 0.6) is 0 Å². The number of unbranched alkanes of at least 4 members (excludes halogenated alkanes) is 2. The van der Waals surface area contributed by atoms with E-state index in [1.807, 2.05) is 65.8 Å². The molecule has 376 valence electrons. The molecule has 0 radical (unpaired) electrons. The second-order valence-corrected chi connectivity index (χ2v) is 20.1. The number of aliphatic imine (C=N–C) groups is 5. The van der Waals surface area contributed by atoms with Crippen LogP contribution >= 0.6 is 23.5 Å². The Morgan fingerprint density at radius 3 is 1.32 bits per heavy atom. The number of anilines is 4. The Labute approximate surface area is 413 Å². The molecule has 0 spiro atoms. The van der Waals surface area contributed by atoms with Crippen molar-refractivity contribution in [2.75, 3.05) is 59.0 Å². The van der Waals surface area contributed by atoms with Gasteiger partial charge in [-0.1, -0.05) is 47.6 Å². The number of amides is 4. The molecule has 2 aromatic carbocycles. The SMILES string of the molecule is CC(C)(C)c1cc(NC(=O)CCCCN=C(N)N)c(SCCN=C(N)N)c(NC(=O)C2=CCC=NC(C(=O)Nc3cc(C(C)(C)C)cc(NC(=O)CCCCN=C(N)N)c3SCCN=C(N)N)=C2)c1. The number of nitrogens with two attached hydrogens (primary N) is 8. The van der Waals surface area contributed by atoms with Crippen molar-refractivity contribution in [3.05, 3.63) is 58.8 Å². The molecule has 1 aliphatic rings. The van der Waals surface area contributed by atoms with Gasteiger partial charge in [-0.15, -0.1) is 23.5 Å². The van der Waals surface area contributed by atoms with Crippen LogP contribution in [0, 0.1) is 0 Å². The van der Waals surface area contributed by atoms with Gasteiger partial charge in [-0.2, -0.15) is 0 Å². The van der Waals surface area contributed by atoms with Gasteiger partial charge in [0.05, 0.1) is 45.6 Å². The molecule has 20 N–H and O–H groups in total. The van der Waals surface area contributed by atoms with Gasteiger partial charge in [0.25, 0.3) is 11.8 Å². The van der Waals surface area contributed by atoms with E-state index in [-0.39, 0.29) is 79.3 Å². The molecular formula is C46H71N17O4S2. The Morgan fingerprint density at radius 2 is 0.928 bits per heavy atom. The highest BCUT2D eigenvalue weighted by molar-refractivity contribution is 7.99. The minimum atomic E-state index is -0.602. The minimum absolute atomic E-state index is 0.0108. The molecule has 0 aliphatic carbocycles. The lowest BCUT2D eigenvalue weighted by molar-refractivity contribution is -0.117. The predicted molar refractivity (Wildman–Crippen MR) is 286 cm³/mol. The molecule has 0 atom stereocenters. The number of rotatable bonds is 24. The summed E-state index contributed by atoms with van der Waals surface area (Å²) in [6, 6.07) is 7.51.